The molecule has 1 aliphatic rings. The number of ether oxygens (including phenoxy) is 2. The Bertz CT molecular complexity index is 2300. The summed E-state index contributed by atoms with van der Waals surface area (Å²) in [4.78, 5) is 3.28. The van der Waals surface area contributed by atoms with Gasteiger partial charge in [-0.15, -0.1) is 0 Å². The van der Waals surface area contributed by atoms with Crippen LogP contribution in [0.25, 0.3) is 11.1 Å². The van der Waals surface area contributed by atoms with E-state index in [2.05, 4.69) is 66.7 Å². The Labute approximate surface area is 296 Å². The molecule has 0 amide bonds. The Kier molecular flexibility index (Phi) is 8.62. The lowest BCUT2D eigenvalue weighted by atomic mass is 9.67. The summed E-state index contributed by atoms with van der Waals surface area (Å²) in [5.41, 5.74) is 5.94. The zero-order valence-corrected chi connectivity index (χ0v) is 30.4. The molecule has 0 bridgehead atoms. The van der Waals surface area contributed by atoms with E-state index in [1.165, 1.54) is 12.5 Å². The van der Waals surface area contributed by atoms with Crippen LogP contribution >= 0.6 is 0 Å². The van der Waals surface area contributed by atoms with Crippen molar-refractivity contribution in [1.29, 1.82) is 0 Å². The maximum atomic E-state index is 12.4. The SMILES string of the molecule is COc1ccc(C2(c3ccc(OC)cc3)c3ccccc3-c3ccc([S+](c4ccc(S(C)(=O)=O)cc4)c4ccc(S(C)(=O)=O)cc4)cc32)cc1. The third kappa shape index (κ3) is 5.79. The molecule has 50 heavy (non-hydrogen) atoms. The van der Waals surface area contributed by atoms with Crippen molar-refractivity contribution in [3.05, 3.63) is 162 Å². The minimum atomic E-state index is -3.40. The fourth-order valence-corrected chi connectivity index (χ4v) is 10.2. The highest BCUT2D eigenvalue weighted by Crippen LogP contribution is 2.57. The molecule has 6 aromatic carbocycles. The van der Waals surface area contributed by atoms with Gasteiger partial charge in [0.15, 0.2) is 34.4 Å². The van der Waals surface area contributed by atoms with Gasteiger partial charge >= 0.3 is 0 Å². The van der Waals surface area contributed by atoms with Crippen molar-refractivity contribution in [1.82, 2.24) is 0 Å². The monoisotopic (exact) mass is 719 g/mol. The highest BCUT2D eigenvalue weighted by molar-refractivity contribution is 7.97. The normalized spacial score (nSPS) is 13.5. The van der Waals surface area contributed by atoms with Gasteiger partial charge in [0.2, 0.25) is 0 Å². The van der Waals surface area contributed by atoms with Crippen molar-refractivity contribution in [2.24, 2.45) is 0 Å². The van der Waals surface area contributed by atoms with E-state index in [9.17, 15) is 16.8 Å². The lowest BCUT2D eigenvalue weighted by Gasteiger charge is -2.34. The summed E-state index contributed by atoms with van der Waals surface area (Å²) in [5, 5.41) is 0. The van der Waals surface area contributed by atoms with E-state index in [-0.39, 0.29) is 9.79 Å². The number of methoxy groups -OCH3 is 2. The molecule has 0 saturated carbocycles. The standard InChI is InChI=1S/C41H35O6S3/c1-46-30-13-9-28(10-14-30)41(29-11-15-31(47-2)16-12-29)39-8-6-5-7-37(39)38-26-21-34(27-40(38)41)48(32-17-22-35(23-18-32)49(3,42)43)33-19-24-36(25-20-33)50(4,44)45/h5-27H,1-4H3/q+1. The Hall–Kier alpha value is -4.83. The first-order chi connectivity index (χ1) is 23.9. The van der Waals surface area contributed by atoms with Gasteiger partial charge in [0.1, 0.15) is 11.5 Å². The van der Waals surface area contributed by atoms with Gasteiger partial charge in [-0.2, -0.15) is 0 Å². The van der Waals surface area contributed by atoms with Gasteiger partial charge in [-0.3, -0.25) is 0 Å². The molecular weight excluding hydrogens is 685 g/mol. The molecule has 0 aromatic heterocycles. The van der Waals surface area contributed by atoms with Crippen molar-refractivity contribution >= 4 is 30.6 Å². The Morgan fingerprint density at radius 3 is 1.34 bits per heavy atom. The molecule has 1 aliphatic carbocycles. The smallest absolute Gasteiger partial charge is 0.175 e. The minimum absolute atomic E-state index is 0.236. The maximum absolute atomic E-state index is 12.4. The first-order valence-electron chi connectivity index (χ1n) is 15.8. The molecule has 0 radical (unpaired) electrons. The molecule has 0 atom stereocenters. The molecular formula is C41H35O6S3+. The van der Waals surface area contributed by atoms with E-state index in [0.717, 1.165) is 59.6 Å². The molecule has 6 aromatic rings. The van der Waals surface area contributed by atoms with Crippen LogP contribution in [0.3, 0.4) is 0 Å². The van der Waals surface area contributed by atoms with Crippen LogP contribution in [0.4, 0.5) is 0 Å². The first kappa shape index (κ1) is 33.7. The molecule has 0 unspecified atom stereocenters. The highest BCUT2D eigenvalue weighted by Gasteiger charge is 2.47. The molecule has 0 N–H and O–H groups in total. The summed E-state index contributed by atoms with van der Waals surface area (Å²) in [5.74, 6) is 1.52. The fraction of sp³-hybridized carbons (Fsp3) is 0.122. The van der Waals surface area contributed by atoms with Crippen molar-refractivity contribution in [3.63, 3.8) is 0 Å². The van der Waals surface area contributed by atoms with Crippen LogP contribution in [0.15, 0.2) is 164 Å². The number of fused-ring (bicyclic) bond motifs is 3. The minimum Gasteiger partial charge on any atom is -0.497 e. The van der Waals surface area contributed by atoms with E-state index >= 15 is 0 Å². The van der Waals surface area contributed by atoms with E-state index in [4.69, 9.17) is 9.47 Å². The van der Waals surface area contributed by atoms with Crippen molar-refractivity contribution in [3.8, 4) is 22.6 Å². The summed E-state index contributed by atoms with van der Waals surface area (Å²) in [6, 6.07) is 45.5. The van der Waals surface area contributed by atoms with Crippen LogP contribution in [0.2, 0.25) is 0 Å². The molecule has 0 spiro atoms. The predicted molar refractivity (Wildman–Crippen MR) is 198 cm³/mol. The molecule has 0 saturated heterocycles. The topological polar surface area (TPSA) is 86.7 Å². The van der Waals surface area contributed by atoms with Crippen LogP contribution in [0, 0.1) is 0 Å². The zero-order chi connectivity index (χ0) is 35.3. The van der Waals surface area contributed by atoms with Gasteiger partial charge in [-0.1, -0.05) is 48.5 Å². The lowest BCUT2D eigenvalue weighted by Crippen LogP contribution is -2.28. The average Bonchev–Trinajstić information content (AvgIpc) is 3.42. The number of hydrogen-bond donors (Lipinski definition) is 0. The van der Waals surface area contributed by atoms with E-state index < -0.39 is 36.0 Å². The summed E-state index contributed by atoms with van der Waals surface area (Å²) in [6.07, 6.45) is 2.39. The third-order valence-electron chi connectivity index (χ3n) is 9.27. The van der Waals surface area contributed by atoms with Gasteiger partial charge in [0.05, 0.1) is 40.3 Å². The Morgan fingerprint density at radius 1 is 0.480 bits per heavy atom. The second kappa shape index (κ2) is 12.8. The number of sulfone groups is 2. The molecule has 9 heteroatoms. The molecule has 7 rings (SSSR count). The van der Waals surface area contributed by atoms with Crippen molar-refractivity contribution in [2.45, 2.75) is 29.9 Å². The predicted octanol–water partition coefficient (Wildman–Crippen LogP) is 7.97. The Balaban J connectivity index is 1.51. The average molecular weight is 720 g/mol. The summed E-state index contributed by atoms with van der Waals surface area (Å²) in [6.45, 7) is 0. The first-order valence-corrected chi connectivity index (χ1v) is 20.8. The fourth-order valence-electron chi connectivity index (χ4n) is 6.91. The van der Waals surface area contributed by atoms with Gasteiger partial charge in [-0.05, 0) is 124 Å². The van der Waals surface area contributed by atoms with Crippen LogP contribution in [0.5, 0.6) is 11.5 Å². The Morgan fingerprint density at radius 2 is 0.900 bits per heavy atom. The summed E-state index contributed by atoms with van der Waals surface area (Å²) in [7, 11) is -4.22. The van der Waals surface area contributed by atoms with Crippen molar-refractivity contribution in [2.75, 3.05) is 26.7 Å². The van der Waals surface area contributed by atoms with Crippen LogP contribution in [0.1, 0.15) is 22.3 Å². The zero-order valence-electron chi connectivity index (χ0n) is 28.0. The number of hydrogen-bond acceptors (Lipinski definition) is 6. The largest absolute Gasteiger partial charge is 0.497 e. The number of rotatable bonds is 9. The van der Waals surface area contributed by atoms with Crippen LogP contribution in [-0.2, 0) is 36.0 Å². The van der Waals surface area contributed by atoms with Gasteiger partial charge in [0, 0.05) is 12.5 Å². The van der Waals surface area contributed by atoms with Crippen LogP contribution < -0.4 is 9.47 Å². The van der Waals surface area contributed by atoms with Gasteiger partial charge in [0.25, 0.3) is 0 Å². The van der Waals surface area contributed by atoms with Gasteiger partial charge in [-0.25, -0.2) is 16.8 Å². The van der Waals surface area contributed by atoms with E-state index in [0.29, 0.717) is 0 Å². The van der Waals surface area contributed by atoms with Crippen molar-refractivity contribution < 1.29 is 26.3 Å². The van der Waals surface area contributed by atoms with E-state index in [1.54, 1.807) is 38.5 Å². The summed E-state index contributed by atoms with van der Waals surface area (Å²) >= 11 is 0. The summed E-state index contributed by atoms with van der Waals surface area (Å²) < 4.78 is 60.6. The maximum Gasteiger partial charge on any atom is 0.175 e. The highest BCUT2D eigenvalue weighted by atomic mass is 32.2. The van der Waals surface area contributed by atoms with E-state index in [1.807, 2.05) is 48.5 Å². The number of benzene rings is 6. The van der Waals surface area contributed by atoms with Crippen LogP contribution in [-0.4, -0.2) is 43.6 Å². The molecule has 0 aliphatic heterocycles. The molecule has 0 heterocycles. The third-order valence-corrected chi connectivity index (χ3v) is 13.7. The molecule has 252 valence electrons. The quantitative estimate of drug-likeness (QED) is 0.141. The second-order valence-corrected chi connectivity index (χ2v) is 18.3. The molecule has 6 nitrogen and oxygen atoms in total. The lowest BCUT2D eigenvalue weighted by molar-refractivity contribution is 0.414. The second-order valence-electron chi connectivity index (χ2n) is 12.3. The molecule has 0 fully saturated rings. The van der Waals surface area contributed by atoms with Gasteiger partial charge < -0.3 is 9.47 Å².